The van der Waals surface area contributed by atoms with Gasteiger partial charge in [0, 0.05) is 12.3 Å². The predicted octanol–water partition coefficient (Wildman–Crippen LogP) is 2.09. The largest absolute Gasteiger partial charge is 0.465 e. The van der Waals surface area contributed by atoms with Crippen molar-refractivity contribution in [1.82, 2.24) is 14.6 Å². The van der Waals surface area contributed by atoms with E-state index in [0.29, 0.717) is 16.8 Å². The number of benzene rings is 1. The Kier molecular flexibility index (Phi) is 3.26. The number of nitro groups is 1. The maximum Gasteiger partial charge on any atom is 0.338 e. The summed E-state index contributed by atoms with van der Waals surface area (Å²) in [5.74, 6) is -0.271. The van der Waals surface area contributed by atoms with Crippen molar-refractivity contribution < 1.29 is 14.5 Å². The van der Waals surface area contributed by atoms with Crippen molar-refractivity contribution in [1.29, 1.82) is 0 Å². The number of ether oxygens (including phenoxy) is 1. The summed E-state index contributed by atoms with van der Waals surface area (Å²) in [7, 11) is 1.29. The van der Waals surface area contributed by atoms with Crippen LogP contribution in [0.25, 0.3) is 17.0 Å². The lowest BCUT2D eigenvalue weighted by atomic mass is 10.2. The first-order valence-corrected chi connectivity index (χ1v) is 6.28. The monoisotopic (exact) mass is 298 g/mol. The first-order chi connectivity index (χ1) is 10.6. The molecule has 0 unspecified atom stereocenters. The second-order valence-electron chi connectivity index (χ2n) is 4.42. The lowest BCUT2D eigenvalue weighted by molar-refractivity contribution is -0.384. The van der Waals surface area contributed by atoms with Crippen molar-refractivity contribution in [2.24, 2.45) is 0 Å². The number of fused-ring (bicyclic) bond motifs is 1. The number of esters is 1. The fourth-order valence-corrected chi connectivity index (χ4v) is 2.06. The summed E-state index contributed by atoms with van der Waals surface area (Å²) >= 11 is 0. The third kappa shape index (κ3) is 2.26. The smallest absolute Gasteiger partial charge is 0.338 e. The van der Waals surface area contributed by atoms with Crippen LogP contribution in [-0.4, -0.2) is 32.6 Å². The third-order valence-corrected chi connectivity index (χ3v) is 3.10. The second kappa shape index (κ2) is 5.24. The zero-order valence-corrected chi connectivity index (χ0v) is 11.5. The van der Waals surface area contributed by atoms with Gasteiger partial charge in [-0.3, -0.25) is 10.1 Å². The molecule has 3 aromatic rings. The van der Waals surface area contributed by atoms with Gasteiger partial charge in [0.25, 0.3) is 5.69 Å². The molecule has 0 aliphatic heterocycles. The average molecular weight is 298 g/mol. The molecule has 2 aromatic heterocycles. The molecule has 0 aliphatic rings. The van der Waals surface area contributed by atoms with Crippen LogP contribution in [0.1, 0.15) is 10.4 Å². The molecule has 0 radical (unpaired) electrons. The molecule has 0 spiro atoms. The van der Waals surface area contributed by atoms with Crippen LogP contribution in [0.3, 0.4) is 0 Å². The van der Waals surface area contributed by atoms with Crippen LogP contribution in [0.2, 0.25) is 0 Å². The number of nitrogens with zero attached hydrogens (tertiary/aromatic N) is 4. The molecule has 1 aromatic carbocycles. The Labute approximate surface area is 124 Å². The van der Waals surface area contributed by atoms with Gasteiger partial charge >= 0.3 is 5.97 Å². The summed E-state index contributed by atoms with van der Waals surface area (Å²) in [4.78, 5) is 26.3. The molecule has 110 valence electrons. The molecule has 0 atom stereocenters. The van der Waals surface area contributed by atoms with Crippen molar-refractivity contribution in [3.8, 4) is 11.4 Å². The van der Waals surface area contributed by atoms with Gasteiger partial charge in [-0.2, -0.15) is 0 Å². The van der Waals surface area contributed by atoms with Gasteiger partial charge in [-0.1, -0.05) is 12.1 Å². The zero-order chi connectivity index (χ0) is 15.7. The molecule has 0 saturated carbocycles. The van der Waals surface area contributed by atoms with Crippen molar-refractivity contribution in [2.75, 3.05) is 7.11 Å². The number of para-hydroxylation sites is 1. The molecular formula is C14H10N4O4. The van der Waals surface area contributed by atoms with E-state index in [2.05, 4.69) is 14.8 Å². The van der Waals surface area contributed by atoms with E-state index in [1.165, 1.54) is 29.8 Å². The van der Waals surface area contributed by atoms with Crippen molar-refractivity contribution >= 4 is 17.3 Å². The van der Waals surface area contributed by atoms with Gasteiger partial charge in [0.05, 0.1) is 23.2 Å². The number of carbonyl (C=O) groups excluding carboxylic acids is 1. The summed E-state index contributed by atoms with van der Waals surface area (Å²) in [6, 6.07) is 9.27. The maximum atomic E-state index is 11.5. The molecule has 8 nitrogen and oxygen atoms in total. The van der Waals surface area contributed by atoms with Gasteiger partial charge in [-0.05, 0) is 18.2 Å². The number of rotatable bonds is 3. The van der Waals surface area contributed by atoms with E-state index < -0.39 is 10.9 Å². The fraction of sp³-hybridized carbons (Fsp3) is 0.0714. The normalized spacial score (nSPS) is 10.6. The SMILES string of the molecule is COC(=O)c1ccn2nc(-c3ccccc3[N+](=O)[O-])nc2c1. The molecule has 0 N–H and O–H groups in total. The molecule has 0 aliphatic carbocycles. The Morgan fingerprint density at radius 3 is 2.82 bits per heavy atom. The van der Waals surface area contributed by atoms with Crippen molar-refractivity contribution in [3.05, 3.63) is 58.3 Å². The van der Waals surface area contributed by atoms with Gasteiger partial charge in [0.2, 0.25) is 0 Å². The minimum atomic E-state index is -0.488. The van der Waals surface area contributed by atoms with Crippen LogP contribution in [0.15, 0.2) is 42.6 Å². The van der Waals surface area contributed by atoms with Crippen molar-refractivity contribution in [2.45, 2.75) is 0 Å². The minimum absolute atomic E-state index is 0.0772. The number of nitro benzene ring substituents is 1. The molecule has 22 heavy (non-hydrogen) atoms. The molecular weight excluding hydrogens is 288 g/mol. The lowest BCUT2D eigenvalue weighted by Crippen LogP contribution is -2.02. The van der Waals surface area contributed by atoms with Crippen LogP contribution < -0.4 is 0 Å². The number of hydrogen-bond acceptors (Lipinski definition) is 6. The first-order valence-electron chi connectivity index (χ1n) is 6.28. The number of pyridine rings is 1. The maximum absolute atomic E-state index is 11.5. The van der Waals surface area contributed by atoms with E-state index in [1.807, 2.05) is 0 Å². The summed E-state index contributed by atoms with van der Waals surface area (Å²) in [5.41, 5.74) is 0.968. The second-order valence-corrected chi connectivity index (χ2v) is 4.42. The zero-order valence-electron chi connectivity index (χ0n) is 11.5. The average Bonchev–Trinajstić information content (AvgIpc) is 2.96. The number of methoxy groups -OCH3 is 1. The van der Waals surface area contributed by atoms with E-state index in [0.717, 1.165) is 0 Å². The summed E-state index contributed by atoms with van der Waals surface area (Å²) in [6.45, 7) is 0. The fourth-order valence-electron chi connectivity index (χ4n) is 2.06. The highest BCUT2D eigenvalue weighted by atomic mass is 16.6. The number of hydrogen-bond donors (Lipinski definition) is 0. The Morgan fingerprint density at radius 1 is 1.32 bits per heavy atom. The van der Waals surface area contributed by atoms with Gasteiger partial charge in [0.15, 0.2) is 11.5 Å². The molecule has 0 amide bonds. The predicted molar refractivity (Wildman–Crippen MR) is 76.4 cm³/mol. The highest BCUT2D eigenvalue weighted by Gasteiger charge is 2.18. The summed E-state index contributed by atoms with van der Waals surface area (Å²) in [6.07, 6.45) is 1.55. The van der Waals surface area contributed by atoms with Gasteiger partial charge in [-0.25, -0.2) is 14.3 Å². The molecule has 2 heterocycles. The van der Waals surface area contributed by atoms with E-state index in [-0.39, 0.29) is 11.5 Å². The molecule has 3 rings (SSSR count). The number of aromatic nitrogens is 3. The summed E-state index contributed by atoms with van der Waals surface area (Å²) in [5, 5.41) is 15.3. The molecule has 0 bridgehead atoms. The van der Waals surface area contributed by atoms with E-state index in [1.54, 1.807) is 24.4 Å². The van der Waals surface area contributed by atoms with E-state index in [9.17, 15) is 14.9 Å². The van der Waals surface area contributed by atoms with Gasteiger partial charge in [0.1, 0.15) is 0 Å². The Bertz CT molecular complexity index is 887. The highest BCUT2D eigenvalue weighted by Crippen LogP contribution is 2.27. The standard InChI is InChI=1S/C14H10N4O4/c1-22-14(19)9-6-7-17-12(8-9)15-13(16-17)10-4-2-3-5-11(10)18(20)21/h2-8H,1H3. The summed E-state index contributed by atoms with van der Waals surface area (Å²) < 4.78 is 6.08. The molecule has 0 saturated heterocycles. The quantitative estimate of drug-likeness (QED) is 0.417. The van der Waals surface area contributed by atoms with Crippen molar-refractivity contribution in [3.63, 3.8) is 0 Å². The minimum Gasteiger partial charge on any atom is -0.465 e. The molecule has 8 heteroatoms. The van der Waals surface area contributed by atoms with E-state index >= 15 is 0 Å². The Hall–Kier alpha value is -3.29. The first kappa shape index (κ1) is 13.7. The third-order valence-electron chi connectivity index (χ3n) is 3.10. The van der Waals surface area contributed by atoms with E-state index in [4.69, 9.17) is 0 Å². The van der Waals surface area contributed by atoms with Gasteiger partial charge < -0.3 is 4.74 Å². The Morgan fingerprint density at radius 2 is 2.09 bits per heavy atom. The molecule has 0 fully saturated rings. The van der Waals surface area contributed by atoms with Crippen LogP contribution in [0.4, 0.5) is 5.69 Å². The van der Waals surface area contributed by atoms with Crippen LogP contribution in [0.5, 0.6) is 0 Å². The van der Waals surface area contributed by atoms with Crippen LogP contribution in [-0.2, 0) is 4.74 Å². The van der Waals surface area contributed by atoms with Crippen LogP contribution in [0, 0.1) is 10.1 Å². The van der Waals surface area contributed by atoms with Crippen LogP contribution >= 0.6 is 0 Å². The Balaban J connectivity index is 2.13. The lowest BCUT2D eigenvalue weighted by Gasteiger charge is -1.97. The highest BCUT2D eigenvalue weighted by molar-refractivity contribution is 5.90. The van der Waals surface area contributed by atoms with Gasteiger partial charge in [-0.15, -0.1) is 5.10 Å². The number of carbonyl (C=O) groups is 1. The topological polar surface area (TPSA) is 99.6 Å².